The highest BCUT2D eigenvalue weighted by Gasteiger charge is 1.81. The van der Waals surface area contributed by atoms with Gasteiger partial charge in [-0.25, -0.2) is 0 Å². The third kappa shape index (κ3) is 13.8. The van der Waals surface area contributed by atoms with Gasteiger partial charge in [0.1, 0.15) is 0 Å². The second-order valence-corrected chi connectivity index (χ2v) is 3.60. The fraction of sp³-hybridized carbons (Fsp3) is 0.250. The first-order chi connectivity index (χ1) is 9.16. The van der Waals surface area contributed by atoms with Crippen molar-refractivity contribution >= 4 is 5.97 Å². The van der Waals surface area contributed by atoms with Crippen molar-refractivity contribution in [3.05, 3.63) is 66.5 Å². The number of ether oxygens (including phenoxy) is 1. The Balaban J connectivity index is 0.000000257. The summed E-state index contributed by atoms with van der Waals surface area (Å²) in [7, 11) is 0. The van der Waals surface area contributed by atoms with Gasteiger partial charge in [0.25, 0.3) is 0 Å². The number of esters is 1. The first-order valence-electron chi connectivity index (χ1n) is 6.16. The molecule has 0 spiro atoms. The largest absolute Gasteiger partial charge is 0.466 e. The van der Waals surface area contributed by atoms with Crippen molar-refractivity contribution < 1.29 is 9.53 Å². The standard InChI is InChI=1S/C7H8.C5H5N.C4H8O2/c1-7-5-3-2-4-6-7;1-2-4-6-5-3-1;1-3-6-4(2)5/h2-6H,1H3;1-5H;3H2,1-2H3. The smallest absolute Gasteiger partial charge is 0.302 e. The van der Waals surface area contributed by atoms with E-state index >= 15 is 0 Å². The van der Waals surface area contributed by atoms with Crippen LogP contribution in [0.4, 0.5) is 0 Å². The van der Waals surface area contributed by atoms with E-state index in [0.29, 0.717) is 6.61 Å². The lowest BCUT2D eigenvalue weighted by atomic mass is 10.2. The van der Waals surface area contributed by atoms with Gasteiger partial charge in [-0.2, -0.15) is 0 Å². The molecule has 0 bridgehead atoms. The molecule has 0 aliphatic rings. The van der Waals surface area contributed by atoms with E-state index in [9.17, 15) is 4.79 Å². The van der Waals surface area contributed by atoms with Gasteiger partial charge in [0.05, 0.1) is 6.61 Å². The minimum Gasteiger partial charge on any atom is -0.466 e. The van der Waals surface area contributed by atoms with E-state index in [1.54, 1.807) is 19.3 Å². The quantitative estimate of drug-likeness (QED) is 0.734. The summed E-state index contributed by atoms with van der Waals surface area (Å²) >= 11 is 0. The van der Waals surface area contributed by atoms with Gasteiger partial charge in [0.2, 0.25) is 0 Å². The van der Waals surface area contributed by atoms with Crippen molar-refractivity contribution in [3.63, 3.8) is 0 Å². The summed E-state index contributed by atoms with van der Waals surface area (Å²) in [6, 6.07) is 16.0. The van der Waals surface area contributed by atoms with Crippen LogP contribution in [-0.2, 0) is 9.53 Å². The molecule has 1 aromatic carbocycles. The lowest BCUT2D eigenvalue weighted by Gasteiger charge is -1.89. The Labute approximate surface area is 115 Å². The van der Waals surface area contributed by atoms with Gasteiger partial charge in [0, 0.05) is 19.3 Å². The molecule has 0 unspecified atom stereocenters. The number of hydrogen-bond acceptors (Lipinski definition) is 3. The van der Waals surface area contributed by atoms with Crippen LogP contribution in [0.25, 0.3) is 0 Å². The van der Waals surface area contributed by atoms with Crippen molar-refractivity contribution in [2.45, 2.75) is 20.8 Å². The number of hydrogen-bond donors (Lipinski definition) is 0. The van der Waals surface area contributed by atoms with E-state index in [0.717, 1.165) is 0 Å². The van der Waals surface area contributed by atoms with E-state index in [1.165, 1.54) is 12.5 Å². The van der Waals surface area contributed by atoms with Crippen LogP contribution in [0.2, 0.25) is 0 Å². The first kappa shape index (κ1) is 16.8. The Morgan fingerprint density at radius 2 is 1.58 bits per heavy atom. The van der Waals surface area contributed by atoms with Gasteiger partial charge >= 0.3 is 5.97 Å². The lowest BCUT2D eigenvalue weighted by molar-refractivity contribution is -0.140. The van der Waals surface area contributed by atoms with Crippen LogP contribution >= 0.6 is 0 Å². The van der Waals surface area contributed by atoms with Crippen molar-refractivity contribution in [3.8, 4) is 0 Å². The summed E-state index contributed by atoms with van der Waals surface area (Å²) in [4.78, 5) is 13.6. The van der Waals surface area contributed by atoms with E-state index < -0.39 is 0 Å². The molecule has 102 valence electrons. The number of rotatable bonds is 1. The number of carbonyl (C=O) groups excluding carboxylic acids is 1. The van der Waals surface area contributed by atoms with Gasteiger partial charge in [-0.3, -0.25) is 9.78 Å². The van der Waals surface area contributed by atoms with E-state index in [1.807, 2.05) is 36.4 Å². The number of pyridine rings is 1. The van der Waals surface area contributed by atoms with Crippen molar-refractivity contribution in [1.82, 2.24) is 4.98 Å². The molecular weight excluding hydrogens is 238 g/mol. The fourth-order valence-electron chi connectivity index (χ4n) is 1.05. The molecule has 1 aromatic heterocycles. The minimum absolute atomic E-state index is 0.211. The minimum atomic E-state index is -0.211. The van der Waals surface area contributed by atoms with Crippen molar-refractivity contribution in [2.75, 3.05) is 6.61 Å². The molecule has 0 saturated carbocycles. The Morgan fingerprint density at radius 3 is 1.74 bits per heavy atom. The average molecular weight is 259 g/mol. The maximum atomic E-state index is 9.82. The molecule has 0 aliphatic heterocycles. The highest BCUT2D eigenvalue weighted by Crippen LogP contribution is 1.92. The molecule has 2 aromatic rings. The Bertz CT molecular complexity index is 389. The second-order valence-electron chi connectivity index (χ2n) is 3.60. The number of aryl methyl sites for hydroxylation is 1. The molecular formula is C16H21NO2. The van der Waals surface area contributed by atoms with E-state index in [2.05, 4.69) is 28.8 Å². The van der Waals surface area contributed by atoms with Crippen LogP contribution in [0.5, 0.6) is 0 Å². The zero-order valence-corrected chi connectivity index (χ0v) is 11.7. The molecule has 2 rings (SSSR count). The molecule has 3 heteroatoms. The number of carbonyl (C=O) groups is 1. The summed E-state index contributed by atoms with van der Waals surface area (Å²) in [5.74, 6) is -0.211. The summed E-state index contributed by atoms with van der Waals surface area (Å²) in [5, 5.41) is 0. The number of benzene rings is 1. The fourth-order valence-corrected chi connectivity index (χ4v) is 1.05. The Morgan fingerprint density at radius 1 is 1.05 bits per heavy atom. The van der Waals surface area contributed by atoms with Gasteiger partial charge in [-0.1, -0.05) is 42.0 Å². The van der Waals surface area contributed by atoms with Crippen LogP contribution in [0.3, 0.4) is 0 Å². The van der Waals surface area contributed by atoms with Gasteiger partial charge < -0.3 is 4.74 Å². The highest BCUT2D eigenvalue weighted by atomic mass is 16.5. The topological polar surface area (TPSA) is 39.2 Å². The van der Waals surface area contributed by atoms with Gasteiger partial charge in [-0.15, -0.1) is 0 Å². The van der Waals surface area contributed by atoms with Crippen molar-refractivity contribution in [1.29, 1.82) is 0 Å². The molecule has 1 heterocycles. The predicted octanol–water partition coefficient (Wildman–Crippen LogP) is 3.65. The zero-order chi connectivity index (χ0) is 14.3. The molecule has 0 radical (unpaired) electrons. The molecule has 0 amide bonds. The molecule has 0 saturated heterocycles. The molecule has 3 nitrogen and oxygen atoms in total. The molecule has 0 aliphatic carbocycles. The average Bonchev–Trinajstić information content (AvgIpc) is 2.43. The first-order valence-corrected chi connectivity index (χ1v) is 6.16. The van der Waals surface area contributed by atoms with Crippen LogP contribution in [-0.4, -0.2) is 17.6 Å². The summed E-state index contributed by atoms with van der Waals surface area (Å²) in [6.07, 6.45) is 3.50. The van der Waals surface area contributed by atoms with E-state index in [4.69, 9.17) is 0 Å². The summed E-state index contributed by atoms with van der Waals surface area (Å²) in [5.41, 5.74) is 1.32. The molecule has 0 atom stereocenters. The second kappa shape index (κ2) is 12.3. The third-order valence-corrected chi connectivity index (χ3v) is 1.85. The van der Waals surface area contributed by atoms with Gasteiger partial charge in [0.15, 0.2) is 0 Å². The van der Waals surface area contributed by atoms with Crippen LogP contribution < -0.4 is 0 Å². The van der Waals surface area contributed by atoms with Crippen molar-refractivity contribution in [2.24, 2.45) is 0 Å². The highest BCUT2D eigenvalue weighted by molar-refractivity contribution is 5.65. The van der Waals surface area contributed by atoms with Crippen LogP contribution in [0.1, 0.15) is 19.4 Å². The predicted molar refractivity (Wildman–Crippen MR) is 77.7 cm³/mol. The number of aromatic nitrogens is 1. The molecule has 0 fully saturated rings. The lowest BCUT2D eigenvalue weighted by Crippen LogP contribution is -1.95. The summed E-state index contributed by atoms with van der Waals surface area (Å²) in [6.45, 7) is 5.74. The number of nitrogens with zero attached hydrogens (tertiary/aromatic N) is 1. The van der Waals surface area contributed by atoms with Gasteiger partial charge in [-0.05, 0) is 26.0 Å². The molecule has 0 N–H and O–H groups in total. The Kier molecular flexibility index (Phi) is 10.9. The van der Waals surface area contributed by atoms with Crippen LogP contribution in [0, 0.1) is 6.92 Å². The maximum Gasteiger partial charge on any atom is 0.302 e. The third-order valence-electron chi connectivity index (χ3n) is 1.85. The van der Waals surface area contributed by atoms with Crippen LogP contribution in [0.15, 0.2) is 60.9 Å². The normalized spacial score (nSPS) is 8.16. The van der Waals surface area contributed by atoms with E-state index in [-0.39, 0.29) is 5.97 Å². The maximum absolute atomic E-state index is 9.82. The Hall–Kier alpha value is -2.16. The zero-order valence-electron chi connectivity index (χ0n) is 11.7. The SMILES string of the molecule is CCOC(C)=O.Cc1ccccc1.c1ccncc1. The molecule has 19 heavy (non-hydrogen) atoms. The monoisotopic (exact) mass is 259 g/mol. The summed E-state index contributed by atoms with van der Waals surface area (Å²) < 4.78 is 4.40.